The van der Waals surface area contributed by atoms with Crippen LogP contribution in [0.3, 0.4) is 0 Å². The van der Waals surface area contributed by atoms with Crippen LogP contribution in [0.15, 0.2) is 30.3 Å². The van der Waals surface area contributed by atoms with Gasteiger partial charge in [-0.15, -0.1) is 0 Å². The van der Waals surface area contributed by atoms with Crippen molar-refractivity contribution in [2.24, 2.45) is 0 Å². The van der Waals surface area contributed by atoms with E-state index in [1.807, 2.05) is 30.3 Å². The van der Waals surface area contributed by atoms with E-state index in [1.165, 1.54) is 0 Å². The molecule has 1 heterocycles. The average Bonchev–Trinajstić information content (AvgIpc) is 2.30. The summed E-state index contributed by atoms with van der Waals surface area (Å²) in [6.07, 6.45) is -2.60. The van der Waals surface area contributed by atoms with Crippen LogP contribution in [0.2, 0.25) is 0 Å². The van der Waals surface area contributed by atoms with Gasteiger partial charge >= 0.3 is 0 Å². The molecule has 3 unspecified atom stereocenters. The minimum atomic E-state index is -0.778. The van der Waals surface area contributed by atoms with Crippen LogP contribution in [-0.4, -0.2) is 35.1 Å². The molecular weight excluding hydrogens is 208 g/mol. The van der Waals surface area contributed by atoms with Crippen molar-refractivity contribution in [1.29, 1.82) is 0 Å². The summed E-state index contributed by atoms with van der Waals surface area (Å²) in [7, 11) is 0. The first-order valence-corrected chi connectivity index (χ1v) is 5.36. The molecule has 1 fully saturated rings. The Morgan fingerprint density at radius 3 is 2.62 bits per heavy atom. The third-order valence-corrected chi connectivity index (χ3v) is 2.63. The first-order valence-electron chi connectivity index (χ1n) is 5.36. The van der Waals surface area contributed by atoms with E-state index < -0.39 is 24.6 Å². The maximum absolute atomic E-state index is 9.59. The predicted molar refractivity (Wildman–Crippen MR) is 57.7 cm³/mol. The summed E-state index contributed by atoms with van der Waals surface area (Å²) in [4.78, 5) is 0. The standard InChI is InChI=1S/C12H16O4/c1-8(13)11-10(14)7-15-12(16-11)9-5-3-2-4-6-9/h2-6,8,10-14H,7H2,1H3/t8?,10?,11-,12?/m0/s1. The zero-order chi connectivity index (χ0) is 11.5. The zero-order valence-electron chi connectivity index (χ0n) is 9.11. The van der Waals surface area contributed by atoms with Gasteiger partial charge in [-0.1, -0.05) is 30.3 Å². The van der Waals surface area contributed by atoms with E-state index in [-0.39, 0.29) is 6.61 Å². The number of benzene rings is 1. The lowest BCUT2D eigenvalue weighted by Crippen LogP contribution is -2.46. The minimum absolute atomic E-state index is 0.176. The smallest absolute Gasteiger partial charge is 0.184 e. The van der Waals surface area contributed by atoms with Crippen LogP contribution >= 0.6 is 0 Å². The Morgan fingerprint density at radius 1 is 1.31 bits per heavy atom. The van der Waals surface area contributed by atoms with E-state index in [9.17, 15) is 10.2 Å². The molecule has 0 bridgehead atoms. The van der Waals surface area contributed by atoms with Crippen LogP contribution < -0.4 is 0 Å². The summed E-state index contributed by atoms with van der Waals surface area (Å²) in [5.41, 5.74) is 0.889. The lowest BCUT2D eigenvalue weighted by Gasteiger charge is -2.35. The van der Waals surface area contributed by atoms with Crippen molar-refractivity contribution < 1.29 is 19.7 Å². The number of aliphatic hydroxyl groups is 2. The summed E-state index contributed by atoms with van der Waals surface area (Å²) in [5, 5.41) is 19.1. The van der Waals surface area contributed by atoms with Crippen molar-refractivity contribution >= 4 is 0 Å². The summed E-state index contributed by atoms with van der Waals surface area (Å²) in [5.74, 6) is 0. The Morgan fingerprint density at radius 2 is 2.00 bits per heavy atom. The van der Waals surface area contributed by atoms with Gasteiger partial charge in [-0.25, -0.2) is 0 Å². The quantitative estimate of drug-likeness (QED) is 0.781. The molecule has 0 spiro atoms. The number of ether oxygens (including phenoxy) is 2. The molecule has 2 rings (SSSR count). The third kappa shape index (κ3) is 2.41. The van der Waals surface area contributed by atoms with Gasteiger partial charge in [0.2, 0.25) is 0 Å². The molecule has 16 heavy (non-hydrogen) atoms. The maximum atomic E-state index is 9.59. The fourth-order valence-corrected chi connectivity index (χ4v) is 1.77. The first kappa shape index (κ1) is 11.5. The van der Waals surface area contributed by atoms with E-state index in [1.54, 1.807) is 6.92 Å². The predicted octanol–water partition coefficient (Wildman–Crippen LogP) is 0.842. The van der Waals surface area contributed by atoms with Crippen LogP contribution in [0.25, 0.3) is 0 Å². The maximum Gasteiger partial charge on any atom is 0.184 e. The van der Waals surface area contributed by atoms with Gasteiger partial charge in [0.25, 0.3) is 0 Å². The molecule has 88 valence electrons. The molecule has 4 nitrogen and oxygen atoms in total. The van der Waals surface area contributed by atoms with Crippen molar-refractivity contribution in [3.05, 3.63) is 35.9 Å². The summed E-state index contributed by atoms with van der Waals surface area (Å²) in [6, 6.07) is 9.48. The van der Waals surface area contributed by atoms with Gasteiger partial charge in [-0.2, -0.15) is 0 Å². The fraction of sp³-hybridized carbons (Fsp3) is 0.500. The van der Waals surface area contributed by atoms with Crippen molar-refractivity contribution in [2.45, 2.75) is 31.5 Å². The number of rotatable bonds is 2. The van der Waals surface area contributed by atoms with Gasteiger partial charge < -0.3 is 19.7 Å². The molecule has 0 aliphatic carbocycles. The average molecular weight is 224 g/mol. The second-order valence-corrected chi connectivity index (χ2v) is 3.98. The molecule has 1 aromatic carbocycles. The van der Waals surface area contributed by atoms with Crippen LogP contribution in [0.5, 0.6) is 0 Å². The number of hydrogen-bond donors (Lipinski definition) is 2. The lowest BCUT2D eigenvalue weighted by atomic mass is 10.1. The van der Waals surface area contributed by atoms with Crippen LogP contribution in [-0.2, 0) is 9.47 Å². The van der Waals surface area contributed by atoms with Crippen molar-refractivity contribution in [3.63, 3.8) is 0 Å². The van der Waals surface area contributed by atoms with E-state index >= 15 is 0 Å². The van der Waals surface area contributed by atoms with Crippen molar-refractivity contribution in [2.75, 3.05) is 6.61 Å². The lowest BCUT2D eigenvalue weighted by molar-refractivity contribution is -0.273. The van der Waals surface area contributed by atoms with Crippen LogP contribution in [0.1, 0.15) is 18.8 Å². The molecular formula is C12H16O4. The molecule has 4 atom stereocenters. The van der Waals surface area contributed by atoms with Gasteiger partial charge in [0.05, 0.1) is 12.7 Å². The molecule has 2 N–H and O–H groups in total. The largest absolute Gasteiger partial charge is 0.391 e. The monoisotopic (exact) mass is 224 g/mol. The fourth-order valence-electron chi connectivity index (χ4n) is 1.77. The molecule has 1 saturated heterocycles. The zero-order valence-corrected chi connectivity index (χ0v) is 9.11. The highest BCUT2D eigenvalue weighted by Gasteiger charge is 2.34. The van der Waals surface area contributed by atoms with E-state index in [2.05, 4.69) is 0 Å². The Balaban J connectivity index is 2.09. The highest BCUT2D eigenvalue weighted by molar-refractivity contribution is 5.16. The molecule has 1 aliphatic heterocycles. The van der Waals surface area contributed by atoms with E-state index in [0.717, 1.165) is 5.56 Å². The second-order valence-electron chi connectivity index (χ2n) is 3.98. The SMILES string of the molecule is CC(O)[C@@H]1OC(c2ccccc2)OCC1O. The molecule has 1 aromatic rings. The van der Waals surface area contributed by atoms with E-state index in [0.29, 0.717) is 0 Å². The minimum Gasteiger partial charge on any atom is -0.391 e. The van der Waals surface area contributed by atoms with Crippen LogP contribution in [0.4, 0.5) is 0 Å². The normalized spacial score (nSPS) is 32.3. The molecule has 0 amide bonds. The Bertz CT molecular complexity index is 325. The number of hydrogen-bond acceptors (Lipinski definition) is 4. The molecule has 0 aromatic heterocycles. The highest BCUT2D eigenvalue weighted by Crippen LogP contribution is 2.27. The van der Waals surface area contributed by atoms with Gasteiger partial charge in [0.1, 0.15) is 12.2 Å². The second kappa shape index (κ2) is 4.93. The van der Waals surface area contributed by atoms with Crippen molar-refractivity contribution in [3.8, 4) is 0 Å². The van der Waals surface area contributed by atoms with Gasteiger partial charge in [-0.05, 0) is 6.92 Å². The Kier molecular flexibility index (Phi) is 3.56. The summed E-state index contributed by atoms with van der Waals surface area (Å²) < 4.78 is 10.9. The molecule has 0 saturated carbocycles. The van der Waals surface area contributed by atoms with Crippen LogP contribution in [0, 0.1) is 0 Å². The number of aliphatic hydroxyl groups excluding tert-OH is 2. The molecule has 4 heteroatoms. The molecule has 1 aliphatic rings. The molecule has 0 radical (unpaired) electrons. The Hall–Kier alpha value is -0.940. The first-order chi connectivity index (χ1) is 7.68. The topological polar surface area (TPSA) is 58.9 Å². The van der Waals surface area contributed by atoms with Crippen molar-refractivity contribution in [1.82, 2.24) is 0 Å². The van der Waals surface area contributed by atoms with Gasteiger partial charge in [0.15, 0.2) is 6.29 Å². The van der Waals surface area contributed by atoms with Gasteiger partial charge in [0, 0.05) is 5.56 Å². The third-order valence-electron chi connectivity index (χ3n) is 2.63. The van der Waals surface area contributed by atoms with E-state index in [4.69, 9.17) is 9.47 Å². The highest BCUT2D eigenvalue weighted by atomic mass is 16.7. The summed E-state index contributed by atoms with van der Waals surface area (Å²) in [6.45, 7) is 1.77. The summed E-state index contributed by atoms with van der Waals surface area (Å²) >= 11 is 0. The Labute approximate surface area is 94.4 Å². The van der Waals surface area contributed by atoms with Gasteiger partial charge in [-0.3, -0.25) is 0 Å².